The first-order valence-electron chi connectivity index (χ1n) is 6.13. The van der Waals surface area contributed by atoms with Gasteiger partial charge in [0.1, 0.15) is 10.9 Å². The fourth-order valence-electron chi connectivity index (χ4n) is 1.37. The van der Waals surface area contributed by atoms with Crippen LogP contribution in [0.15, 0.2) is 15.4 Å². The summed E-state index contributed by atoms with van der Waals surface area (Å²) in [6.45, 7) is 4.10. The minimum Gasteiger partial charge on any atom is -0.354 e. The van der Waals surface area contributed by atoms with Crippen molar-refractivity contribution in [2.75, 3.05) is 11.9 Å². The quantitative estimate of drug-likeness (QED) is 0.844. The molecule has 21 heavy (non-hydrogen) atoms. The molecule has 0 spiro atoms. The molecule has 2 aromatic heterocycles. The van der Waals surface area contributed by atoms with Gasteiger partial charge in [0.15, 0.2) is 10.0 Å². The highest BCUT2D eigenvalue weighted by molar-refractivity contribution is 8.00. The first kappa shape index (κ1) is 16.0. The van der Waals surface area contributed by atoms with Crippen molar-refractivity contribution in [3.8, 4) is 0 Å². The van der Waals surface area contributed by atoms with Crippen LogP contribution in [0.5, 0.6) is 0 Å². The van der Waals surface area contributed by atoms with Crippen LogP contribution >= 0.6 is 23.3 Å². The highest BCUT2D eigenvalue weighted by Gasteiger charge is 2.33. The van der Waals surface area contributed by atoms with E-state index in [1.807, 2.05) is 6.92 Å². The largest absolute Gasteiger partial charge is 0.433 e. The van der Waals surface area contributed by atoms with Crippen LogP contribution in [0.3, 0.4) is 0 Å². The Labute approximate surface area is 127 Å². The summed E-state index contributed by atoms with van der Waals surface area (Å²) < 4.78 is 43.1. The number of alkyl halides is 3. The SMILES string of the molecule is CCNc1nc(Sc2nc(CC)ns2)cc(C(F)(F)F)n1. The van der Waals surface area contributed by atoms with Gasteiger partial charge in [-0.3, -0.25) is 0 Å². The lowest BCUT2D eigenvalue weighted by molar-refractivity contribution is -0.141. The Bertz CT molecular complexity index is 614. The van der Waals surface area contributed by atoms with E-state index in [-0.39, 0.29) is 11.0 Å². The van der Waals surface area contributed by atoms with E-state index in [4.69, 9.17) is 0 Å². The average molecular weight is 335 g/mol. The average Bonchev–Trinajstić information content (AvgIpc) is 2.85. The molecule has 2 heterocycles. The summed E-state index contributed by atoms with van der Waals surface area (Å²) in [6.07, 6.45) is -3.84. The Balaban J connectivity index is 2.30. The fourth-order valence-corrected chi connectivity index (χ4v) is 3.02. The molecular weight excluding hydrogens is 323 g/mol. The van der Waals surface area contributed by atoms with Crippen molar-refractivity contribution in [1.82, 2.24) is 19.3 Å². The lowest BCUT2D eigenvalue weighted by atomic mass is 10.4. The van der Waals surface area contributed by atoms with E-state index < -0.39 is 11.9 Å². The molecule has 0 aromatic carbocycles. The van der Waals surface area contributed by atoms with Crippen LogP contribution in [0.25, 0.3) is 0 Å². The molecule has 2 rings (SSSR count). The van der Waals surface area contributed by atoms with Crippen LogP contribution in [0.1, 0.15) is 25.4 Å². The lowest BCUT2D eigenvalue weighted by Crippen LogP contribution is -2.12. The molecule has 0 aliphatic heterocycles. The third kappa shape index (κ3) is 4.27. The lowest BCUT2D eigenvalue weighted by Gasteiger charge is -2.09. The number of anilines is 1. The van der Waals surface area contributed by atoms with Crippen molar-refractivity contribution in [1.29, 1.82) is 0 Å². The Morgan fingerprint density at radius 2 is 2.00 bits per heavy atom. The molecule has 0 unspecified atom stereocenters. The first-order chi connectivity index (χ1) is 9.92. The van der Waals surface area contributed by atoms with E-state index in [9.17, 15) is 13.2 Å². The molecule has 0 amide bonds. The summed E-state index contributed by atoms with van der Waals surface area (Å²) in [5.74, 6) is 0.620. The number of hydrogen-bond acceptors (Lipinski definition) is 7. The van der Waals surface area contributed by atoms with Gasteiger partial charge in [0, 0.05) is 19.0 Å². The van der Waals surface area contributed by atoms with E-state index >= 15 is 0 Å². The third-order valence-corrected chi connectivity index (χ3v) is 3.99. The molecule has 0 aliphatic rings. The van der Waals surface area contributed by atoms with Gasteiger partial charge in [0.25, 0.3) is 0 Å². The summed E-state index contributed by atoms with van der Waals surface area (Å²) in [4.78, 5) is 11.7. The molecule has 10 heteroatoms. The summed E-state index contributed by atoms with van der Waals surface area (Å²) in [5.41, 5.74) is -0.976. The molecule has 2 aromatic rings. The molecule has 0 aliphatic carbocycles. The van der Waals surface area contributed by atoms with Crippen molar-refractivity contribution in [3.05, 3.63) is 17.6 Å². The second-order valence-corrected chi connectivity index (χ2v) is 5.89. The van der Waals surface area contributed by atoms with Gasteiger partial charge in [0.05, 0.1) is 0 Å². The fraction of sp³-hybridized carbons (Fsp3) is 0.455. The van der Waals surface area contributed by atoms with Gasteiger partial charge < -0.3 is 5.32 Å². The monoisotopic (exact) mass is 335 g/mol. The first-order valence-corrected chi connectivity index (χ1v) is 7.72. The maximum absolute atomic E-state index is 12.8. The molecule has 0 saturated heterocycles. The molecule has 0 atom stereocenters. The van der Waals surface area contributed by atoms with Gasteiger partial charge in [-0.05, 0) is 30.2 Å². The van der Waals surface area contributed by atoms with Crippen LogP contribution in [-0.4, -0.2) is 25.9 Å². The minimum absolute atomic E-state index is 0.0462. The number of nitrogens with zero attached hydrogens (tertiary/aromatic N) is 4. The molecule has 5 nitrogen and oxygen atoms in total. The number of halogens is 3. The Morgan fingerprint density at radius 3 is 2.57 bits per heavy atom. The number of nitrogens with one attached hydrogen (secondary N) is 1. The normalized spacial score (nSPS) is 11.7. The molecule has 0 saturated carbocycles. The van der Waals surface area contributed by atoms with Crippen molar-refractivity contribution in [3.63, 3.8) is 0 Å². The molecule has 0 bridgehead atoms. The summed E-state index contributed by atoms with van der Waals surface area (Å²) in [5, 5.41) is 2.88. The third-order valence-electron chi connectivity index (χ3n) is 2.29. The Morgan fingerprint density at radius 1 is 1.24 bits per heavy atom. The summed E-state index contributed by atoms with van der Waals surface area (Å²) >= 11 is 2.19. The Hall–Kier alpha value is -1.42. The highest BCUT2D eigenvalue weighted by Crippen LogP contribution is 2.33. The van der Waals surface area contributed by atoms with Crippen molar-refractivity contribution < 1.29 is 13.2 Å². The number of aromatic nitrogens is 4. The van der Waals surface area contributed by atoms with Gasteiger partial charge in [-0.25, -0.2) is 15.0 Å². The predicted octanol–water partition coefficient (Wildman–Crippen LogP) is 3.49. The minimum atomic E-state index is -4.52. The maximum Gasteiger partial charge on any atom is 0.433 e. The van der Waals surface area contributed by atoms with E-state index in [2.05, 4.69) is 24.6 Å². The van der Waals surface area contributed by atoms with E-state index in [1.165, 1.54) is 0 Å². The maximum atomic E-state index is 12.8. The van der Waals surface area contributed by atoms with Crippen LogP contribution in [0.2, 0.25) is 0 Å². The zero-order valence-corrected chi connectivity index (χ0v) is 12.9. The van der Waals surface area contributed by atoms with Gasteiger partial charge in [-0.2, -0.15) is 17.5 Å². The Kier molecular flexibility index (Phi) is 4.99. The summed E-state index contributed by atoms with van der Waals surface area (Å²) in [6, 6.07) is 0.915. The number of rotatable bonds is 5. The number of hydrogen-bond donors (Lipinski definition) is 1. The number of aryl methyl sites for hydroxylation is 1. The van der Waals surface area contributed by atoms with E-state index in [0.717, 1.165) is 29.4 Å². The molecule has 114 valence electrons. The second kappa shape index (κ2) is 6.56. The van der Waals surface area contributed by atoms with Crippen LogP contribution in [0.4, 0.5) is 19.1 Å². The van der Waals surface area contributed by atoms with Crippen molar-refractivity contribution >= 4 is 29.2 Å². The van der Waals surface area contributed by atoms with Crippen molar-refractivity contribution in [2.24, 2.45) is 0 Å². The molecule has 1 N–H and O–H groups in total. The van der Waals surface area contributed by atoms with E-state index in [1.54, 1.807) is 6.92 Å². The molecule has 0 radical (unpaired) electrons. The topological polar surface area (TPSA) is 63.6 Å². The second-order valence-electron chi connectivity index (χ2n) is 3.88. The van der Waals surface area contributed by atoms with Crippen molar-refractivity contribution in [2.45, 2.75) is 35.8 Å². The predicted molar refractivity (Wildman–Crippen MR) is 74.6 cm³/mol. The van der Waals surface area contributed by atoms with Crippen LogP contribution < -0.4 is 5.32 Å². The molecular formula is C11H12F3N5S2. The van der Waals surface area contributed by atoms with Crippen LogP contribution in [-0.2, 0) is 12.6 Å². The van der Waals surface area contributed by atoms with Gasteiger partial charge in [0.2, 0.25) is 5.95 Å². The zero-order valence-electron chi connectivity index (χ0n) is 11.2. The van der Waals surface area contributed by atoms with Gasteiger partial charge in [-0.1, -0.05) is 6.92 Å². The smallest absolute Gasteiger partial charge is 0.354 e. The van der Waals surface area contributed by atoms with Gasteiger partial charge in [-0.15, -0.1) is 0 Å². The zero-order chi connectivity index (χ0) is 15.5. The molecule has 0 fully saturated rings. The van der Waals surface area contributed by atoms with Gasteiger partial charge >= 0.3 is 6.18 Å². The standard InChI is InChI=1S/C11H12F3N5S2/c1-3-7-17-10(21-19-7)20-8-5-6(11(12,13)14)16-9(18-8)15-4-2/h5H,3-4H2,1-2H3,(H,15,16,18). The van der Waals surface area contributed by atoms with E-state index in [0.29, 0.717) is 23.1 Å². The van der Waals surface area contributed by atoms with Crippen LogP contribution in [0, 0.1) is 0 Å². The summed E-state index contributed by atoms with van der Waals surface area (Å²) in [7, 11) is 0. The highest BCUT2D eigenvalue weighted by atomic mass is 32.2.